The largest absolute Gasteiger partial charge is 0.366 e. The molecule has 0 amide bonds. The molecule has 0 bridgehead atoms. The molecule has 4 nitrogen and oxygen atoms in total. The lowest BCUT2D eigenvalue weighted by Gasteiger charge is -2.32. The predicted octanol–water partition coefficient (Wildman–Crippen LogP) is 3.27. The van der Waals surface area contributed by atoms with Crippen LogP contribution < -0.4 is 10.6 Å². The van der Waals surface area contributed by atoms with Gasteiger partial charge in [0.1, 0.15) is 5.82 Å². The highest BCUT2D eigenvalue weighted by Crippen LogP contribution is 2.32. The van der Waals surface area contributed by atoms with Gasteiger partial charge in [0.05, 0.1) is 4.47 Å². The van der Waals surface area contributed by atoms with Gasteiger partial charge in [-0.15, -0.1) is 0 Å². The summed E-state index contributed by atoms with van der Waals surface area (Å²) in [6, 6.07) is 0.476. The van der Waals surface area contributed by atoms with Gasteiger partial charge in [-0.25, -0.2) is 4.98 Å². The highest BCUT2D eigenvalue weighted by molar-refractivity contribution is 9.10. The number of aromatic nitrogens is 2. The molecule has 94 valence electrons. The molecular formula is C12H19BrN4. The van der Waals surface area contributed by atoms with Crippen molar-refractivity contribution in [1.29, 1.82) is 0 Å². The number of nitrogens with one attached hydrogen (secondary N) is 2. The predicted molar refractivity (Wildman–Crippen MR) is 74.3 cm³/mol. The van der Waals surface area contributed by atoms with E-state index in [-0.39, 0.29) is 0 Å². The van der Waals surface area contributed by atoms with Gasteiger partial charge >= 0.3 is 0 Å². The number of hydrogen-bond acceptors (Lipinski definition) is 4. The minimum atomic E-state index is 0.476. The smallest absolute Gasteiger partial charge is 0.224 e. The van der Waals surface area contributed by atoms with Crippen molar-refractivity contribution in [2.75, 3.05) is 17.2 Å². The summed E-state index contributed by atoms with van der Waals surface area (Å²) in [6.45, 7) is 5.10. The van der Waals surface area contributed by atoms with Crippen LogP contribution in [0.5, 0.6) is 0 Å². The summed E-state index contributed by atoms with van der Waals surface area (Å²) in [5, 5.41) is 6.60. The Hall–Kier alpha value is -0.840. The van der Waals surface area contributed by atoms with E-state index in [1.165, 1.54) is 19.3 Å². The molecule has 2 N–H and O–H groups in total. The van der Waals surface area contributed by atoms with Crippen LogP contribution in [-0.2, 0) is 0 Å². The quantitative estimate of drug-likeness (QED) is 0.876. The fourth-order valence-corrected chi connectivity index (χ4v) is 2.29. The van der Waals surface area contributed by atoms with E-state index in [9.17, 15) is 0 Å². The highest BCUT2D eigenvalue weighted by Gasteiger charge is 2.24. The first-order valence-corrected chi connectivity index (χ1v) is 7.03. The summed E-state index contributed by atoms with van der Waals surface area (Å²) in [5.74, 6) is 2.36. The first-order valence-electron chi connectivity index (χ1n) is 6.23. The van der Waals surface area contributed by atoms with Crippen LogP contribution in [0.4, 0.5) is 11.8 Å². The van der Waals surface area contributed by atoms with Crippen molar-refractivity contribution < 1.29 is 0 Å². The second-order valence-electron chi connectivity index (χ2n) is 4.54. The third-order valence-electron chi connectivity index (χ3n) is 3.30. The average Bonchev–Trinajstić information content (AvgIpc) is 2.21. The molecule has 1 fully saturated rings. The molecule has 2 rings (SSSR count). The molecule has 5 heteroatoms. The highest BCUT2D eigenvalue weighted by atomic mass is 79.9. The number of anilines is 2. The fraction of sp³-hybridized carbons (Fsp3) is 0.667. The Bertz CT molecular complexity index is 379. The summed E-state index contributed by atoms with van der Waals surface area (Å²) in [4.78, 5) is 8.67. The first kappa shape index (κ1) is 12.6. The normalized spacial score (nSPS) is 17.4. The Labute approximate surface area is 111 Å². The van der Waals surface area contributed by atoms with E-state index in [0.717, 1.165) is 22.8 Å². The van der Waals surface area contributed by atoms with E-state index in [1.807, 2.05) is 6.92 Å². The Balaban J connectivity index is 2.04. The van der Waals surface area contributed by atoms with E-state index >= 15 is 0 Å². The van der Waals surface area contributed by atoms with Gasteiger partial charge in [-0.05, 0) is 48.5 Å². The van der Waals surface area contributed by atoms with Gasteiger partial charge in [-0.2, -0.15) is 4.98 Å². The summed E-state index contributed by atoms with van der Waals surface area (Å²) in [5.41, 5.74) is 0. The third-order valence-corrected chi connectivity index (χ3v) is 3.88. The van der Waals surface area contributed by atoms with Crippen LogP contribution in [0.2, 0.25) is 0 Å². The Morgan fingerprint density at radius 3 is 2.88 bits per heavy atom. The third kappa shape index (κ3) is 3.09. The second-order valence-corrected chi connectivity index (χ2v) is 5.40. The standard InChI is InChI=1S/C12H19BrN4/c1-3-14-12-15-7-10(13)11(17-12)16-8(2)9-5-4-6-9/h7-9H,3-6H2,1-2H3,(H2,14,15,16,17). The number of hydrogen-bond donors (Lipinski definition) is 2. The Kier molecular flexibility index (Phi) is 4.20. The second kappa shape index (κ2) is 5.67. The van der Waals surface area contributed by atoms with Gasteiger partial charge < -0.3 is 10.6 Å². The van der Waals surface area contributed by atoms with Gasteiger partial charge in [0.2, 0.25) is 5.95 Å². The van der Waals surface area contributed by atoms with Crippen LogP contribution in [0.3, 0.4) is 0 Å². The Morgan fingerprint density at radius 1 is 1.53 bits per heavy atom. The molecular weight excluding hydrogens is 280 g/mol. The van der Waals surface area contributed by atoms with Gasteiger partial charge in [0.25, 0.3) is 0 Å². The van der Waals surface area contributed by atoms with Crippen LogP contribution in [0.25, 0.3) is 0 Å². The maximum absolute atomic E-state index is 4.46. The van der Waals surface area contributed by atoms with Crippen LogP contribution in [0, 0.1) is 5.92 Å². The molecule has 1 unspecified atom stereocenters. The van der Waals surface area contributed by atoms with Crippen LogP contribution in [0.15, 0.2) is 10.7 Å². The molecule has 1 saturated carbocycles. The lowest BCUT2D eigenvalue weighted by atomic mass is 9.80. The number of halogens is 1. The van der Waals surface area contributed by atoms with E-state index in [0.29, 0.717) is 12.0 Å². The fourth-order valence-electron chi connectivity index (χ4n) is 1.98. The number of nitrogens with zero attached hydrogens (tertiary/aromatic N) is 2. The Morgan fingerprint density at radius 2 is 2.29 bits per heavy atom. The zero-order chi connectivity index (χ0) is 12.3. The minimum absolute atomic E-state index is 0.476. The van der Waals surface area contributed by atoms with Crippen molar-refractivity contribution >= 4 is 27.7 Å². The van der Waals surface area contributed by atoms with Crippen molar-refractivity contribution in [3.05, 3.63) is 10.7 Å². The molecule has 17 heavy (non-hydrogen) atoms. The molecule has 0 aromatic carbocycles. The molecule has 1 aromatic heterocycles. The van der Waals surface area contributed by atoms with Gasteiger partial charge in [-0.3, -0.25) is 0 Å². The van der Waals surface area contributed by atoms with Crippen molar-refractivity contribution in [2.24, 2.45) is 5.92 Å². The molecule has 1 aromatic rings. The van der Waals surface area contributed by atoms with E-state index in [4.69, 9.17) is 0 Å². The molecule has 1 atom stereocenters. The molecule has 0 spiro atoms. The SMILES string of the molecule is CCNc1ncc(Br)c(NC(C)C2CCC2)n1. The van der Waals surface area contributed by atoms with Gasteiger partial charge in [0, 0.05) is 18.8 Å². The average molecular weight is 299 g/mol. The summed E-state index contributed by atoms with van der Waals surface area (Å²) in [6.07, 6.45) is 5.82. The summed E-state index contributed by atoms with van der Waals surface area (Å²) >= 11 is 3.48. The maximum atomic E-state index is 4.46. The van der Waals surface area contributed by atoms with E-state index in [2.05, 4.69) is 43.5 Å². The topological polar surface area (TPSA) is 49.8 Å². The molecule has 1 aliphatic rings. The lowest BCUT2D eigenvalue weighted by Crippen LogP contribution is -2.31. The molecule has 0 aliphatic heterocycles. The van der Waals surface area contributed by atoms with Crippen LogP contribution in [0.1, 0.15) is 33.1 Å². The zero-order valence-corrected chi connectivity index (χ0v) is 11.9. The first-order chi connectivity index (χ1) is 8.20. The van der Waals surface area contributed by atoms with Crippen LogP contribution in [-0.4, -0.2) is 22.6 Å². The number of rotatable bonds is 5. The summed E-state index contributed by atoms with van der Waals surface area (Å²) < 4.78 is 0.922. The lowest BCUT2D eigenvalue weighted by molar-refractivity contribution is 0.285. The zero-order valence-electron chi connectivity index (χ0n) is 10.3. The van der Waals surface area contributed by atoms with Crippen molar-refractivity contribution in [3.63, 3.8) is 0 Å². The minimum Gasteiger partial charge on any atom is -0.366 e. The maximum Gasteiger partial charge on any atom is 0.224 e. The molecule has 1 heterocycles. The monoisotopic (exact) mass is 298 g/mol. The van der Waals surface area contributed by atoms with Crippen molar-refractivity contribution in [2.45, 2.75) is 39.2 Å². The summed E-state index contributed by atoms with van der Waals surface area (Å²) in [7, 11) is 0. The molecule has 1 aliphatic carbocycles. The molecule has 0 saturated heterocycles. The van der Waals surface area contributed by atoms with Crippen molar-refractivity contribution in [3.8, 4) is 0 Å². The van der Waals surface area contributed by atoms with Gasteiger partial charge in [-0.1, -0.05) is 6.42 Å². The van der Waals surface area contributed by atoms with Gasteiger partial charge in [0.15, 0.2) is 0 Å². The van der Waals surface area contributed by atoms with Crippen LogP contribution >= 0.6 is 15.9 Å². The van der Waals surface area contributed by atoms with Crippen molar-refractivity contribution in [1.82, 2.24) is 9.97 Å². The molecule has 0 radical (unpaired) electrons. The van der Waals surface area contributed by atoms with E-state index < -0.39 is 0 Å². The van der Waals surface area contributed by atoms with E-state index in [1.54, 1.807) is 6.20 Å².